The van der Waals surface area contributed by atoms with Gasteiger partial charge in [0.05, 0.1) is 11.5 Å². The summed E-state index contributed by atoms with van der Waals surface area (Å²) in [6.07, 6.45) is 1.14. The zero-order valence-electron chi connectivity index (χ0n) is 8.64. The first-order chi connectivity index (χ1) is 7.18. The fourth-order valence-electron chi connectivity index (χ4n) is 2.17. The van der Waals surface area contributed by atoms with Crippen LogP contribution in [0.3, 0.4) is 0 Å². The molecule has 15 heavy (non-hydrogen) atoms. The first-order valence-electron chi connectivity index (χ1n) is 5.01. The zero-order chi connectivity index (χ0) is 10.9. The molecule has 0 unspecified atom stereocenters. The Morgan fingerprint density at radius 1 is 1.40 bits per heavy atom. The number of benzene rings is 1. The first-order valence-corrected chi connectivity index (χ1v) is 5.01. The van der Waals surface area contributed by atoms with Crippen molar-refractivity contribution in [1.29, 1.82) is 0 Å². The highest BCUT2D eigenvalue weighted by atomic mass is 16.5. The Kier molecular flexibility index (Phi) is 2.49. The molecule has 80 valence electrons. The summed E-state index contributed by atoms with van der Waals surface area (Å²) in [4.78, 5) is 10.8. The highest BCUT2D eigenvalue weighted by molar-refractivity contribution is 5.72. The van der Waals surface area contributed by atoms with Crippen molar-refractivity contribution in [2.45, 2.75) is 18.4 Å². The van der Waals surface area contributed by atoms with E-state index >= 15 is 0 Å². The molecule has 0 atom stereocenters. The number of carboxylic acids is 1. The monoisotopic (exact) mass is 206 g/mol. The lowest BCUT2D eigenvalue weighted by Crippen LogP contribution is -2.46. The van der Waals surface area contributed by atoms with Crippen LogP contribution in [-0.4, -0.2) is 18.2 Å². The molecule has 3 nitrogen and oxygen atoms in total. The van der Waals surface area contributed by atoms with Gasteiger partial charge in [0.1, 0.15) is 0 Å². The maximum Gasteiger partial charge on any atom is 0.306 e. The van der Waals surface area contributed by atoms with Crippen LogP contribution in [0, 0.1) is 5.92 Å². The van der Waals surface area contributed by atoms with Crippen LogP contribution in [0.4, 0.5) is 0 Å². The van der Waals surface area contributed by atoms with Crippen molar-refractivity contribution in [3.8, 4) is 0 Å². The van der Waals surface area contributed by atoms with E-state index in [1.165, 1.54) is 0 Å². The van der Waals surface area contributed by atoms with E-state index in [1.54, 1.807) is 7.11 Å². The average molecular weight is 206 g/mol. The second-order valence-electron chi connectivity index (χ2n) is 4.01. The van der Waals surface area contributed by atoms with Crippen LogP contribution in [0.5, 0.6) is 0 Å². The van der Waals surface area contributed by atoms with Crippen molar-refractivity contribution < 1.29 is 14.6 Å². The van der Waals surface area contributed by atoms with Crippen LogP contribution in [0.15, 0.2) is 30.3 Å². The number of carboxylic acid groups (broad SMARTS) is 1. The molecule has 0 amide bonds. The number of hydrogen-bond acceptors (Lipinski definition) is 2. The third-order valence-electron chi connectivity index (χ3n) is 3.19. The van der Waals surface area contributed by atoms with E-state index in [0.29, 0.717) is 12.8 Å². The van der Waals surface area contributed by atoms with Crippen LogP contribution in [0.25, 0.3) is 0 Å². The number of rotatable bonds is 3. The van der Waals surface area contributed by atoms with Gasteiger partial charge in [-0.1, -0.05) is 30.3 Å². The van der Waals surface area contributed by atoms with Crippen molar-refractivity contribution in [1.82, 2.24) is 0 Å². The molecule has 0 saturated heterocycles. The van der Waals surface area contributed by atoms with Gasteiger partial charge >= 0.3 is 5.97 Å². The summed E-state index contributed by atoms with van der Waals surface area (Å²) in [5, 5.41) is 8.85. The van der Waals surface area contributed by atoms with E-state index in [9.17, 15) is 4.79 Å². The summed E-state index contributed by atoms with van der Waals surface area (Å²) in [5.74, 6) is -0.983. The van der Waals surface area contributed by atoms with Crippen LogP contribution in [-0.2, 0) is 15.1 Å². The average Bonchev–Trinajstić information content (AvgIpc) is 2.18. The Bertz CT molecular complexity index is 352. The Morgan fingerprint density at radius 2 is 2.00 bits per heavy atom. The molecule has 1 saturated carbocycles. The fourth-order valence-corrected chi connectivity index (χ4v) is 2.17. The number of hydrogen-bond donors (Lipinski definition) is 1. The van der Waals surface area contributed by atoms with Gasteiger partial charge in [0.25, 0.3) is 0 Å². The minimum atomic E-state index is -0.724. The Morgan fingerprint density at radius 3 is 2.47 bits per heavy atom. The molecule has 0 spiro atoms. The maximum absolute atomic E-state index is 10.8. The van der Waals surface area contributed by atoms with Crippen molar-refractivity contribution in [3.63, 3.8) is 0 Å². The molecule has 2 rings (SSSR count). The third kappa shape index (κ3) is 1.63. The minimum absolute atomic E-state index is 0.259. The van der Waals surface area contributed by atoms with Crippen LogP contribution >= 0.6 is 0 Å². The fraction of sp³-hybridized carbons (Fsp3) is 0.417. The van der Waals surface area contributed by atoms with Gasteiger partial charge in [0.15, 0.2) is 0 Å². The molecule has 1 aromatic rings. The van der Waals surface area contributed by atoms with Crippen molar-refractivity contribution in [3.05, 3.63) is 35.9 Å². The summed E-state index contributed by atoms with van der Waals surface area (Å²) in [6.45, 7) is 0. The van der Waals surface area contributed by atoms with Gasteiger partial charge in [-0.05, 0) is 18.4 Å². The van der Waals surface area contributed by atoms with Crippen molar-refractivity contribution in [2.75, 3.05) is 7.11 Å². The van der Waals surface area contributed by atoms with E-state index < -0.39 is 5.97 Å². The normalized spacial score (nSPS) is 29.5. The van der Waals surface area contributed by atoms with Gasteiger partial charge in [-0.3, -0.25) is 4.79 Å². The summed E-state index contributed by atoms with van der Waals surface area (Å²) in [7, 11) is 1.64. The molecule has 1 fully saturated rings. The summed E-state index contributed by atoms with van der Waals surface area (Å²) < 4.78 is 5.48. The molecule has 1 aromatic carbocycles. The predicted octanol–water partition coefficient (Wildman–Crippen LogP) is 2.02. The summed E-state index contributed by atoms with van der Waals surface area (Å²) in [5.41, 5.74) is 0.703. The lowest BCUT2D eigenvalue weighted by atomic mass is 9.67. The standard InChI is InChI=1S/C12H14O3/c1-15-12(7-9(8-12)11(13)14)10-5-3-2-4-6-10/h2-6,9H,7-8H2,1H3,(H,13,14). The smallest absolute Gasteiger partial charge is 0.306 e. The van der Waals surface area contributed by atoms with E-state index in [1.807, 2.05) is 30.3 Å². The largest absolute Gasteiger partial charge is 0.481 e. The lowest BCUT2D eigenvalue weighted by molar-refractivity contribution is -0.164. The highest BCUT2D eigenvalue weighted by Crippen LogP contribution is 2.48. The zero-order valence-corrected chi connectivity index (χ0v) is 8.64. The van der Waals surface area contributed by atoms with Gasteiger partial charge in [-0.25, -0.2) is 0 Å². The van der Waals surface area contributed by atoms with E-state index in [-0.39, 0.29) is 11.5 Å². The molecule has 1 aliphatic rings. The van der Waals surface area contributed by atoms with Crippen LogP contribution in [0.2, 0.25) is 0 Å². The molecule has 0 radical (unpaired) electrons. The molecular weight excluding hydrogens is 192 g/mol. The number of ether oxygens (including phenoxy) is 1. The summed E-state index contributed by atoms with van der Waals surface area (Å²) >= 11 is 0. The van der Waals surface area contributed by atoms with E-state index in [4.69, 9.17) is 9.84 Å². The summed E-state index contributed by atoms with van der Waals surface area (Å²) in [6, 6.07) is 9.82. The number of methoxy groups -OCH3 is 1. The van der Waals surface area contributed by atoms with Crippen LogP contribution in [0.1, 0.15) is 18.4 Å². The Balaban J connectivity index is 2.17. The Labute approximate surface area is 88.7 Å². The Hall–Kier alpha value is -1.35. The predicted molar refractivity (Wildman–Crippen MR) is 55.5 cm³/mol. The van der Waals surface area contributed by atoms with Gasteiger partial charge in [-0.15, -0.1) is 0 Å². The second-order valence-corrected chi connectivity index (χ2v) is 4.01. The van der Waals surface area contributed by atoms with Gasteiger partial charge < -0.3 is 9.84 Å². The number of aliphatic carboxylic acids is 1. The van der Waals surface area contributed by atoms with Crippen LogP contribution < -0.4 is 0 Å². The van der Waals surface area contributed by atoms with E-state index in [2.05, 4.69) is 0 Å². The number of carbonyl (C=O) groups is 1. The third-order valence-corrected chi connectivity index (χ3v) is 3.19. The second kappa shape index (κ2) is 3.66. The quantitative estimate of drug-likeness (QED) is 0.823. The lowest BCUT2D eigenvalue weighted by Gasteiger charge is -2.45. The maximum atomic E-state index is 10.8. The topological polar surface area (TPSA) is 46.5 Å². The molecule has 3 heteroatoms. The van der Waals surface area contributed by atoms with Crippen molar-refractivity contribution >= 4 is 5.97 Å². The molecular formula is C12H14O3. The van der Waals surface area contributed by atoms with Gasteiger partial charge in [-0.2, -0.15) is 0 Å². The van der Waals surface area contributed by atoms with E-state index in [0.717, 1.165) is 5.56 Å². The van der Waals surface area contributed by atoms with Gasteiger partial charge in [0, 0.05) is 7.11 Å². The molecule has 0 aliphatic heterocycles. The minimum Gasteiger partial charge on any atom is -0.481 e. The molecule has 1 N–H and O–H groups in total. The molecule has 0 heterocycles. The molecule has 0 bridgehead atoms. The molecule has 1 aliphatic carbocycles. The first kappa shape index (κ1) is 10.2. The SMILES string of the molecule is COC1(c2ccccc2)CC(C(=O)O)C1. The molecule has 0 aromatic heterocycles. The highest BCUT2D eigenvalue weighted by Gasteiger charge is 2.49. The van der Waals surface area contributed by atoms with Crippen molar-refractivity contribution in [2.24, 2.45) is 5.92 Å². The van der Waals surface area contributed by atoms with Gasteiger partial charge in [0.2, 0.25) is 0 Å².